The fourth-order valence-corrected chi connectivity index (χ4v) is 0.869. The summed E-state index contributed by atoms with van der Waals surface area (Å²) < 4.78 is 5.37. The maximum Gasteiger partial charge on any atom is 0.111 e. The summed E-state index contributed by atoms with van der Waals surface area (Å²) in [7, 11) is 1.97. The van der Waals surface area contributed by atoms with Crippen molar-refractivity contribution in [1.29, 1.82) is 0 Å². The van der Waals surface area contributed by atoms with E-state index < -0.39 is 5.72 Å². The Hall–Kier alpha value is -0.120. The van der Waals surface area contributed by atoms with Crippen LogP contribution in [0.5, 0.6) is 0 Å². The third kappa shape index (κ3) is 7.98. The summed E-state index contributed by atoms with van der Waals surface area (Å²) in [6.45, 7) is 6.64. The van der Waals surface area contributed by atoms with E-state index in [1.54, 1.807) is 0 Å². The standard InChI is InChI=1S/C9H22N2O/c1-8(11-4)6-5-7-12-9(2,3)10/h8,11H,5-7,10H2,1-4H3. The van der Waals surface area contributed by atoms with E-state index in [1.165, 1.54) is 0 Å². The monoisotopic (exact) mass is 174 g/mol. The summed E-state index contributed by atoms with van der Waals surface area (Å²) in [4.78, 5) is 0. The van der Waals surface area contributed by atoms with Gasteiger partial charge >= 0.3 is 0 Å². The lowest BCUT2D eigenvalue weighted by Gasteiger charge is -2.20. The summed E-state index contributed by atoms with van der Waals surface area (Å²) in [6.07, 6.45) is 2.19. The van der Waals surface area contributed by atoms with Crippen molar-refractivity contribution < 1.29 is 4.74 Å². The minimum Gasteiger partial charge on any atom is -0.361 e. The molecule has 0 fully saturated rings. The van der Waals surface area contributed by atoms with Crippen LogP contribution in [0.2, 0.25) is 0 Å². The molecule has 1 unspecified atom stereocenters. The second-order valence-electron chi connectivity index (χ2n) is 3.78. The van der Waals surface area contributed by atoms with Crippen LogP contribution in [0.4, 0.5) is 0 Å². The van der Waals surface area contributed by atoms with Crippen molar-refractivity contribution in [3.8, 4) is 0 Å². The highest BCUT2D eigenvalue weighted by Gasteiger charge is 2.09. The van der Waals surface area contributed by atoms with Crippen molar-refractivity contribution in [2.75, 3.05) is 13.7 Å². The van der Waals surface area contributed by atoms with Crippen LogP contribution in [0.15, 0.2) is 0 Å². The molecule has 0 aromatic rings. The molecule has 0 aromatic carbocycles. The predicted molar refractivity (Wildman–Crippen MR) is 52.0 cm³/mol. The van der Waals surface area contributed by atoms with E-state index in [0.29, 0.717) is 6.04 Å². The van der Waals surface area contributed by atoms with Crippen LogP contribution in [0, 0.1) is 0 Å². The molecule has 0 saturated heterocycles. The summed E-state index contributed by atoms with van der Waals surface area (Å²) >= 11 is 0. The Morgan fingerprint density at radius 3 is 2.50 bits per heavy atom. The van der Waals surface area contributed by atoms with E-state index in [2.05, 4.69) is 12.2 Å². The van der Waals surface area contributed by atoms with Crippen LogP contribution >= 0.6 is 0 Å². The molecule has 3 heteroatoms. The molecule has 0 aliphatic carbocycles. The van der Waals surface area contributed by atoms with Crippen LogP contribution in [0.1, 0.15) is 33.6 Å². The van der Waals surface area contributed by atoms with E-state index >= 15 is 0 Å². The highest BCUT2D eigenvalue weighted by Crippen LogP contribution is 2.02. The van der Waals surface area contributed by atoms with Crippen LogP contribution in [0.25, 0.3) is 0 Å². The Kier molecular flexibility index (Phi) is 5.46. The molecule has 3 N–H and O–H groups in total. The van der Waals surface area contributed by atoms with Gasteiger partial charge in [-0.25, -0.2) is 0 Å². The lowest BCUT2D eigenvalue weighted by Crippen LogP contribution is -2.35. The molecule has 0 radical (unpaired) electrons. The van der Waals surface area contributed by atoms with Crippen LogP contribution in [-0.2, 0) is 4.74 Å². The van der Waals surface area contributed by atoms with Crippen molar-refractivity contribution in [2.45, 2.75) is 45.4 Å². The van der Waals surface area contributed by atoms with Crippen LogP contribution < -0.4 is 11.1 Å². The van der Waals surface area contributed by atoms with Gasteiger partial charge in [0, 0.05) is 12.6 Å². The molecule has 0 spiro atoms. The summed E-state index contributed by atoms with van der Waals surface area (Å²) in [5, 5.41) is 3.18. The Bertz CT molecular complexity index is 110. The first kappa shape index (κ1) is 11.9. The van der Waals surface area contributed by atoms with E-state index in [-0.39, 0.29) is 0 Å². The fourth-order valence-electron chi connectivity index (χ4n) is 0.869. The van der Waals surface area contributed by atoms with Crippen molar-refractivity contribution in [2.24, 2.45) is 5.73 Å². The normalized spacial score (nSPS) is 14.8. The first-order chi connectivity index (χ1) is 5.45. The molecular formula is C9H22N2O. The van der Waals surface area contributed by atoms with Gasteiger partial charge in [-0.15, -0.1) is 0 Å². The van der Waals surface area contributed by atoms with Crippen molar-refractivity contribution >= 4 is 0 Å². The Morgan fingerprint density at radius 1 is 1.50 bits per heavy atom. The number of rotatable bonds is 6. The van der Waals surface area contributed by atoms with Gasteiger partial charge in [-0.3, -0.25) is 0 Å². The molecular weight excluding hydrogens is 152 g/mol. The number of ether oxygens (including phenoxy) is 1. The van der Waals surface area contributed by atoms with Gasteiger partial charge in [0.2, 0.25) is 0 Å². The van der Waals surface area contributed by atoms with Gasteiger partial charge in [0.1, 0.15) is 5.72 Å². The van der Waals surface area contributed by atoms with E-state index in [1.807, 2.05) is 20.9 Å². The van der Waals surface area contributed by atoms with Crippen molar-refractivity contribution in [1.82, 2.24) is 5.32 Å². The third-order valence-corrected chi connectivity index (χ3v) is 1.75. The highest BCUT2D eigenvalue weighted by atomic mass is 16.5. The predicted octanol–water partition coefficient (Wildman–Crippen LogP) is 1.09. The quantitative estimate of drug-likeness (QED) is 0.468. The molecule has 0 heterocycles. The minimum absolute atomic E-state index is 0.483. The molecule has 0 saturated carbocycles. The Labute approximate surface area is 75.7 Å². The molecule has 0 bridgehead atoms. The minimum atomic E-state index is -0.483. The van der Waals surface area contributed by atoms with Gasteiger partial charge < -0.3 is 15.8 Å². The fraction of sp³-hybridized carbons (Fsp3) is 1.00. The molecule has 12 heavy (non-hydrogen) atoms. The topological polar surface area (TPSA) is 47.3 Å². The SMILES string of the molecule is CNC(C)CCCOC(C)(C)N. The summed E-state index contributed by atoms with van der Waals surface area (Å²) in [5.41, 5.74) is 5.16. The summed E-state index contributed by atoms with van der Waals surface area (Å²) in [6, 6.07) is 0.564. The molecule has 74 valence electrons. The van der Waals surface area contributed by atoms with E-state index in [9.17, 15) is 0 Å². The number of hydrogen-bond donors (Lipinski definition) is 2. The molecule has 0 aliphatic heterocycles. The Morgan fingerprint density at radius 2 is 2.08 bits per heavy atom. The second kappa shape index (κ2) is 5.51. The lowest BCUT2D eigenvalue weighted by atomic mass is 10.2. The second-order valence-corrected chi connectivity index (χ2v) is 3.78. The van der Waals surface area contributed by atoms with E-state index in [0.717, 1.165) is 19.4 Å². The summed E-state index contributed by atoms with van der Waals surface area (Å²) in [5.74, 6) is 0. The third-order valence-electron chi connectivity index (χ3n) is 1.75. The van der Waals surface area contributed by atoms with Gasteiger partial charge in [-0.1, -0.05) is 0 Å². The zero-order valence-electron chi connectivity index (χ0n) is 8.68. The first-order valence-corrected chi connectivity index (χ1v) is 4.56. The highest BCUT2D eigenvalue weighted by molar-refractivity contribution is 4.59. The van der Waals surface area contributed by atoms with Crippen molar-refractivity contribution in [3.63, 3.8) is 0 Å². The van der Waals surface area contributed by atoms with Crippen LogP contribution in [0.3, 0.4) is 0 Å². The molecule has 0 amide bonds. The number of nitrogens with one attached hydrogen (secondary N) is 1. The number of hydrogen-bond acceptors (Lipinski definition) is 3. The maximum absolute atomic E-state index is 5.65. The van der Waals surface area contributed by atoms with Gasteiger partial charge in [0.15, 0.2) is 0 Å². The molecule has 3 nitrogen and oxygen atoms in total. The largest absolute Gasteiger partial charge is 0.361 e. The average molecular weight is 174 g/mol. The zero-order chi connectivity index (χ0) is 9.61. The first-order valence-electron chi connectivity index (χ1n) is 4.56. The van der Waals surface area contributed by atoms with Gasteiger partial charge in [0.05, 0.1) is 0 Å². The number of nitrogens with two attached hydrogens (primary N) is 1. The van der Waals surface area contributed by atoms with Crippen LogP contribution in [-0.4, -0.2) is 25.4 Å². The van der Waals surface area contributed by atoms with Gasteiger partial charge in [-0.2, -0.15) is 0 Å². The van der Waals surface area contributed by atoms with Crippen molar-refractivity contribution in [3.05, 3.63) is 0 Å². The molecule has 0 aromatic heterocycles. The molecule has 0 rings (SSSR count). The molecule has 0 aliphatic rings. The van der Waals surface area contributed by atoms with Gasteiger partial charge in [0.25, 0.3) is 0 Å². The molecule has 1 atom stereocenters. The Balaban J connectivity index is 3.22. The lowest BCUT2D eigenvalue weighted by molar-refractivity contribution is -0.0146. The smallest absolute Gasteiger partial charge is 0.111 e. The average Bonchev–Trinajstić information content (AvgIpc) is 1.96. The van der Waals surface area contributed by atoms with Gasteiger partial charge in [-0.05, 0) is 40.7 Å². The maximum atomic E-state index is 5.65. The zero-order valence-corrected chi connectivity index (χ0v) is 8.68. The van der Waals surface area contributed by atoms with E-state index in [4.69, 9.17) is 10.5 Å².